The van der Waals surface area contributed by atoms with Gasteiger partial charge in [-0.2, -0.15) is 5.53 Å². The lowest BCUT2D eigenvalue weighted by molar-refractivity contribution is -0.128. The smallest absolute Gasteiger partial charge is 0.244 e. The van der Waals surface area contributed by atoms with Crippen LogP contribution in [0.2, 0.25) is 0 Å². The Morgan fingerprint density at radius 3 is 2.33 bits per heavy atom. The van der Waals surface area contributed by atoms with E-state index in [1.807, 2.05) is 25.1 Å². The lowest BCUT2D eigenvalue weighted by Gasteiger charge is -2.24. The predicted octanol–water partition coefficient (Wildman–Crippen LogP) is 2.91. The molecule has 200 valence electrons. The second-order valence-corrected chi connectivity index (χ2v) is 8.65. The molecule has 0 aliphatic heterocycles. The summed E-state index contributed by atoms with van der Waals surface area (Å²) in [5, 5.41) is 24.1. The molecule has 6 N–H and O–H groups in total. The minimum atomic E-state index is -0.951. The van der Waals surface area contributed by atoms with E-state index in [0.29, 0.717) is 13.1 Å². The van der Waals surface area contributed by atoms with Crippen molar-refractivity contribution >= 4 is 17.6 Å². The SMILES string of the molecule is C/C=C(/CNCCC)NCC(=O)NC(CN(N=N)C(C)=N)C(=O)NCCCc1ccccc1CCC. The molecule has 0 aromatic heterocycles. The highest BCUT2D eigenvalue weighted by atomic mass is 16.2. The van der Waals surface area contributed by atoms with Crippen LogP contribution in [0.15, 0.2) is 41.3 Å². The summed E-state index contributed by atoms with van der Waals surface area (Å²) in [6.45, 7) is 9.49. The van der Waals surface area contributed by atoms with E-state index < -0.39 is 6.04 Å². The van der Waals surface area contributed by atoms with E-state index in [1.165, 1.54) is 18.1 Å². The summed E-state index contributed by atoms with van der Waals surface area (Å²) >= 11 is 0. The van der Waals surface area contributed by atoms with Crippen molar-refractivity contribution in [1.29, 1.82) is 10.9 Å². The molecule has 0 spiro atoms. The van der Waals surface area contributed by atoms with Crippen molar-refractivity contribution < 1.29 is 9.59 Å². The van der Waals surface area contributed by atoms with Gasteiger partial charge in [-0.3, -0.25) is 15.0 Å². The van der Waals surface area contributed by atoms with Crippen LogP contribution < -0.4 is 21.3 Å². The number of benzene rings is 1. The van der Waals surface area contributed by atoms with E-state index in [1.54, 1.807) is 0 Å². The maximum atomic E-state index is 12.9. The highest BCUT2D eigenvalue weighted by Gasteiger charge is 2.24. The van der Waals surface area contributed by atoms with Crippen LogP contribution in [-0.2, 0) is 22.4 Å². The normalized spacial score (nSPS) is 11.9. The van der Waals surface area contributed by atoms with Gasteiger partial charge in [0.15, 0.2) is 0 Å². The molecule has 0 saturated heterocycles. The molecule has 0 aliphatic carbocycles. The minimum absolute atomic E-state index is 0.00700. The molecule has 1 rings (SSSR count). The lowest BCUT2D eigenvalue weighted by Crippen LogP contribution is -2.54. The van der Waals surface area contributed by atoms with Crippen LogP contribution in [0.25, 0.3) is 0 Å². The molecular weight excluding hydrogens is 456 g/mol. The fourth-order valence-electron chi connectivity index (χ4n) is 3.65. The summed E-state index contributed by atoms with van der Waals surface area (Å²) < 4.78 is 0. The molecule has 2 amide bonds. The second kappa shape index (κ2) is 18.1. The van der Waals surface area contributed by atoms with Gasteiger partial charge in [0.25, 0.3) is 0 Å². The van der Waals surface area contributed by atoms with Crippen LogP contribution in [0, 0.1) is 10.9 Å². The Morgan fingerprint density at radius 2 is 1.75 bits per heavy atom. The number of amidine groups is 1. The molecule has 1 aromatic carbocycles. The van der Waals surface area contributed by atoms with Crippen molar-refractivity contribution in [3.63, 3.8) is 0 Å². The Balaban J connectivity index is 2.68. The van der Waals surface area contributed by atoms with Gasteiger partial charge in [-0.25, -0.2) is 5.01 Å². The largest absolute Gasteiger partial charge is 0.379 e. The van der Waals surface area contributed by atoms with Gasteiger partial charge in [0.2, 0.25) is 11.8 Å². The molecule has 0 saturated carbocycles. The topological polar surface area (TPSA) is 146 Å². The first-order valence-corrected chi connectivity index (χ1v) is 12.8. The Labute approximate surface area is 215 Å². The average molecular weight is 501 g/mol. The Hall–Kier alpha value is -3.27. The van der Waals surface area contributed by atoms with Gasteiger partial charge >= 0.3 is 0 Å². The quantitative estimate of drug-likeness (QED) is 0.0603. The summed E-state index contributed by atoms with van der Waals surface area (Å²) in [5.74, 6) is -0.706. The van der Waals surface area contributed by atoms with Crippen LogP contribution in [-0.4, -0.2) is 61.4 Å². The van der Waals surface area contributed by atoms with E-state index in [-0.39, 0.29) is 30.7 Å². The van der Waals surface area contributed by atoms with E-state index in [2.05, 4.69) is 52.5 Å². The predicted molar refractivity (Wildman–Crippen MR) is 144 cm³/mol. The standard InChI is InChI=1S/C26H44N8O2/c1-5-11-21-12-8-9-13-22(21)14-10-16-30-26(36)24(19-34(33-28)20(4)27)32-25(35)18-31-23(7-3)17-29-15-6-2/h7-9,12-13,24,27-29,31H,5-6,10-11,14-19H2,1-4H3,(H,30,36)(H,32,35)/b23-7-,27-20?,33-28?. The van der Waals surface area contributed by atoms with Gasteiger partial charge in [-0.05, 0) is 57.2 Å². The maximum Gasteiger partial charge on any atom is 0.244 e. The number of amides is 2. The first-order valence-electron chi connectivity index (χ1n) is 12.8. The summed E-state index contributed by atoms with van der Waals surface area (Å²) in [4.78, 5) is 25.5. The van der Waals surface area contributed by atoms with Crippen molar-refractivity contribution in [3.8, 4) is 0 Å². The summed E-state index contributed by atoms with van der Waals surface area (Å²) in [6.07, 6.45) is 6.65. The van der Waals surface area contributed by atoms with E-state index in [4.69, 9.17) is 10.9 Å². The molecule has 1 unspecified atom stereocenters. The van der Waals surface area contributed by atoms with Gasteiger partial charge in [-0.15, -0.1) is 0 Å². The van der Waals surface area contributed by atoms with Crippen molar-refractivity contribution in [1.82, 2.24) is 26.3 Å². The maximum absolute atomic E-state index is 12.9. The van der Waals surface area contributed by atoms with E-state index in [9.17, 15) is 9.59 Å². The van der Waals surface area contributed by atoms with Crippen molar-refractivity contribution in [2.75, 3.05) is 32.7 Å². The zero-order chi connectivity index (χ0) is 26.8. The zero-order valence-electron chi connectivity index (χ0n) is 22.2. The monoisotopic (exact) mass is 500 g/mol. The van der Waals surface area contributed by atoms with Gasteiger partial charge in [0.05, 0.1) is 13.1 Å². The third kappa shape index (κ3) is 11.9. The Morgan fingerprint density at radius 1 is 1.06 bits per heavy atom. The molecule has 0 radical (unpaired) electrons. The molecule has 36 heavy (non-hydrogen) atoms. The van der Waals surface area contributed by atoms with Crippen molar-refractivity contribution in [2.24, 2.45) is 5.22 Å². The molecule has 10 nitrogen and oxygen atoms in total. The van der Waals surface area contributed by atoms with Gasteiger partial charge < -0.3 is 21.3 Å². The number of nitrogens with zero attached hydrogens (tertiary/aromatic N) is 2. The van der Waals surface area contributed by atoms with E-state index >= 15 is 0 Å². The Bertz CT molecular complexity index is 871. The summed E-state index contributed by atoms with van der Waals surface area (Å²) in [5.41, 5.74) is 10.8. The zero-order valence-corrected chi connectivity index (χ0v) is 22.2. The van der Waals surface area contributed by atoms with Crippen LogP contribution >= 0.6 is 0 Å². The minimum Gasteiger partial charge on any atom is -0.379 e. The summed E-state index contributed by atoms with van der Waals surface area (Å²) in [6, 6.07) is 7.40. The number of aryl methyl sites for hydroxylation is 2. The van der Waals surface area contributed by atoms with Crippen LogP contribution in [0.5, 0.6) is 0 Å². The number of hydrogen-bond acceptors (Lipinski definition) is 7. The number of carbonyl (C=O) groups excluding carboxylic acids is 2. The van der Waals surface area contributed by atoms with Gasteiger partial charge in [0, 0.05) is 18.8 Å². The molecule has 10 heteroatoms. The molecule has 0 fully saturated rings. The van der Waals surface area contributed by atoms with E-state index in [0.717, 1.165) is 49.4 Å². The average Bonchev–Trinajstić information content (AvgIpc) is 2.87. The fourth-order valence-corrected chi connectivity index (χ4v) is 3.65. The first kappa shape index (κ1) is 30.8. The van der Waals surface area contributed by atoms with Crippen LogP contribution in [0.3, 0.4) is 0 Å². The van der Waals surface area contributed by atoms with Gasteiger partial charge in [0.1, 0.15) is 11.9 Å². The number of hydrogen-bond donors (Lipinski definition) is 6. The van der Waals surface area contributed by atoms with Crippen molar-refractivity contribution in [3.05, 3.63) is 47.2 Å². The van der Waals surface area contributed by atoms with Crippen molar-refractivity contribution in [2.45, 2.75) is 65.8 Å². The van der Waals surface area contributed by atoms with Gasteiger partial charge in [-0.1, -0.05) is 55.8 Å². The number of carbonyl (C=O) groups is 2. The van der Waals surface area contributed by atoms with Crippen LogP contribution in [0.4, 0.5) is 0 Å². The Kier molecular flexibility index (Phi) is 15.4. The first-order chi connectivity index (χ1) is 17.4. The number of nitrogens with one attached hydrogen (secondary N) is 6. The molecule has 1 aromatic rings. The third-order valence-corrected chi connectivity index (χ3v) is 5.64. The molecule has 0 bridgehead atoms. The lowest BCUT2D eigenvalue weighted by atomic mass is 9.99. The summed E-state index contributed by atoms with van der Waals surface area (Å²) in [7, 11) is 0. The number of allylic oxidation sites excluding steroid dienone is 1. The highest BCUT2D eigenvalue weighted by molar-refractivity contribution is 5.89. The molecule has 0 heterocycles. The highest BCUT2D eigenvalue weighted by Crippen LogP contribution is 2.13. The second-order valence-electron chi connectivity index (χ2n) is 8.65. The van der Waals surface area contributed by atoms with Crippen LogP contribution in [0.1, 0.15) is 58.1 Å². The number of rotatable bonds is 18. The fraction of sp³-hybridized carbons (Fsp3) is 0.577. The molecule has 1 atom stereocenters. The molecule has 0 aliphatic rings. The molecular formula is C26H44N8O2. The third-order valence-electron chi connectivity index (χ3n) is 5.64.